The fourth-order valence-electron chi connectivity index (χ4n) is 4.10. The standard InChI is InChI=1S/C15H20O4.C13H16O4.C8H10O.C2H6O.CH4/c1-4-19-15(17)7-5-6-13(16)12-9-8-11(2)10-14(12)18-3;1-9-6-7-10(12(8-9)17-2)11(14)4-3-5-13(15)16;1-7-4-3-5-8(6-7)9-2;1-2-3;/h8-10H,4-7H2,1-3H3;6-8H,3-5H2,1-2H3,(H,15,16);3-6H,1-2H3;3H,2H2,1H3;1H4. The summed E-state index contributed by atoms with van der Waals surface area (Å²) in [6.07, 6.45) is 1.68. The highest BCUT2D eigenvalue weighted by atomic mass is 16.5. The number of aliphatic carboxylic acids is 1. The van der Waals surface area contributed by atoms with Gasteiger partial charge in [-0.2, -0.15) is 0 Å². The van der Waals surface area contributed by atoms with Crippen LogP contribution >= 0.6 is 0 Å². The fourth-order valence-corrected chi connectivity index (χ4v) is 4.10. The second-order valence-electron chi connectivity index (χ2n) is 10.5. The Balaban J connectivity index is 0. The summed E-state index contributed by atoms with van der Waals surface area (Å²) in [7, 11) is 4.74. The average molecular weight is 685 g/mol. The number of aliphatic hydroxyl groups is 1. The number of rotatable bonds is 14. The molecular formula is C39H56O10. The summed E-state index contributed by atoms with van der Waals surface area (Å²) in [4.78, 5) is 45.4. The van der Waals surface area contributed by atoms with Gasteiger partial charge in [-0.25, -0.2) is 0 Å². The smallest absolute Gasteiger partial charge is 0.305 e. The maximum Gasteiger partial charge on any atom is 0.305 e. The molecule has 0 amide bonds. The van der Waals surface area contributed by atoms with Crippen molar-refractivity contribution >= 4 is 23.5 Å². The molecule has 272 valence electrons. The fraction of sp³-hybridized carbons (Fsp3) is 0.436. The van der Waals surface area contributed by atoms with Crippen molar-refractivity contribution in [3.8, 4) is 17.2 Å². The van der Waals surface area contributed by atoms with Crippen molar-refractivity contribution in [2.75, 3.05) is 34.5 Å². The summed E-state index contributed by atoms with van der Waals surface area (Å²) in [6.45, 7) is 9.97. The monoisotopic (exact) mass is 684 g/mol. The highest BCUT2D eigenvalue weighted by Gasteiger charge is 2.14. The minimum atomic E-state index is -0.881. The first kappa shape index (κ1) is 46.4. The second-order valence-corrected chi connectivity index (χ2v) is 10.5. The van der Waals surface area contributed by atoms with Crippen molar-refractivity contribution in [2.24, 2.45) is 0 Å². The average Bonchev–Trinajstić information content (AvgIpc) is 3.05. The van der Waals surface area contributed by atoms with E-state index < -0.39 is 5.97 Å². The number of aryl methyl sites for hydroxylation is 3. The molecule has 3 aromatic carbocycles. The van der Waals surface area contributed by atoms with E-state index in [1.54, 1.807) is 46.3 Å². The van der Waals surface area contributed by atoms with Crippen LogP contribution in [0.3, 0.4) is 0 Å². The van der Waals surface area contributed by atoms with Crippen LogP contribution in [-0.2, 0) is 14.3 Å². The Morgan fingerprint density at radius 1 is 0.633 bits per heavy atom. The van der Waals surface area contributed by atoms with Gasteiger partial charge >= 0.3 is 11.9 Å². The predicted molar refractivity (Wildman–Crippen MR) is 193 cm³/mol. The number of Topliss-reactive ketones (excluding diaryl/α,β-unsaturated/α-hetero) is 2. The van der Waals surface area contributed by atoms with Crippen LogP contribution in [0.4, 0.5) is 0 Å². The molecule has 49 heavy (non-hydrogen) atoms. The highest BCUT2D eigenvalue weighted by Crippen LogP contribution is 2.23. The van der Waals surface area contributed by atoms with E-state index >= 15 is 0 Å². The van der Waals surface area contributed by atoms with Gasteiger partial charge in [0.05, 0.1) is 39.1 Å². The van der Waals surface area contributed by atoms with Gasteiger partial charge in [-0.1, -0.05) is 31.7 Å². The van der Waals surface area contributed by atoms with E-state index in [9.17, 15) is 19.2 Å². The van der Waals surface area contributed by atoms with Crippen molar-refractivity contribution in [1.29, 1.82) is 0 Å². The summed E-state index contributed by atoms with van der Waals surface area (Å²) < 4.78 is 20.1. The normalized spacial score (nSPS) is 9.41. The first-order chi connectivity index (χ1) is 22.9. The van der Waals surface area contributed by atoms with Gasteiger partial charge in [0, 0.05) is 32.3 Å². The molecule has 0 atom stereocenters. The Morgan fingerprint density at radius 3 is 1.45 bits per heavy atom. The minimum Gasteiger partial charge on any atom is -0.497 e. The summed E-state index contributed by atoms with van der Waals surface area (Å²) in [5.41, 5.74) is 4.37. The number of esters is 1. The molecule has 10 nitrogen and oxygen atoms in total. The molecule has 0 aliphatic rings. The molecule has 0 radical (unpaired) electrons. The zero-order chi connectivity index (χ0) is 36.5. The van der Waals surface area contributed by atoms with Crippen LogP contribution in [0.1, 0.15) is 97.2 Å². The Bertz CT molecular complexity index is 1410. The number of carboxylic acid groups (broad SMARTS) is 1. The summed E-state index contributed by atoms with van der Waals surface area (Å²) in [5.74, 6) is 0.825. The van der Waals surface area contributed by atoms with Crippen molar-refractivity contribution in [2.45, 2.75) is 80.6 Å². The molecule has 0 fully saturated rings. The maximum atomic E-state index is 12.0. The van der Waals surface area contributed by atoms with Gasteiger partial charge in [-0.05, 0) is 101 Å². The van der Waals surface area contributed by atoms with Crippen LogP contribution in [0.2, 0.25) is 0 Å². The molecule has 3 rings (SSSR count). The van der Waals surface area contributed by atoms with Crippen LogP contribution < -0.4 is 14.2 Å². The molecule has 2 N–H and O–H groups in total. The minimum absolute atomic E-state index is 0. The Hall–Kier alpha value is -4.70. The molecule has 0 aromatic heterocycles. The molecule has 0 spiro atoms. The molecular weight excluding hydrogens is 628 g/mol. The van der Waals surface area contributed by atoms with Crippen LogP contribution in [0.25, 0.3) is 0 Å². The summed E-state index contributed by atoms with van der Waals surface area (Å²) in [6, 6.07) is 18.8. The van der Waals surface area contributed by atoms with E-state index in [4.69, 9.17) is 29.2 Å². The van der Waals surface area contributed by atoms with Gasteiger partial charge in [0.2, 0.25) is 0 Å². The largest absolute Gasteiger partial charge is 0.497 e. The zero-order valence-electron chi connectivity index (χ0n) is 29.6. The number of benzene rings is 3. The Kier molecular flexibility index (Phi) is 25.8. The van der Waals surface area contributed by atoms with E-state index in [1.165, 1.54) is 12.7 Å². The molecule has 0 aliphatic carbocycles. The predicted octanol–water partition coefficient (Wildman–Crippen LogP) is 8.00. The van der Waals surface area contributed by atoms with Crippen molar-refractivity contribution in [1.82, 2.24) is 0 Å². The molecule has 3 aromatic rings. The van der Waals surface area contributed by atoms with Gasteiger partial charge in [0.25, 0.3) is 0 Å². The number of hydrogen-bond donors (Lipinski definition) is 2. The first-order valence-electron chi connectivity index (χ1n) is 15.8. The molecule has 0 aliphatic heterocycles. The zero-order valence-corrected chi connectivity index (χ0v) is 29.6. The third-order valence-electron chi connectivity index (χ3n) is 6.42. The second kappa shape index (κ2) is 27.3. The number of carbonyl (C=O) groups excluding carboxylic acids is 3. The van der Waals surface area contributed by atoms with Crippen molar-refractivity contribution in [3.63, 3.8) is 0 Å². The number of ketones is 2. The van der Waals surface area contributed by atoms with Gasteiger partial charge in [-0.15, -0.1) is 0 Å². The molecule has 0 saturated heterocycles. The third kappa shape index (κ3) is 20.3. The van der Waals surface area contributed by atoms with Crippen molar-refractivity contribution < 1.29 is 48.3 Å². The van der Waals surface area contributed by atoms with E-state index in [-0.39, 0.29) is 50.8 Å². The molecule has 10 heteroatoms. The van der Waals surface area contributed by atoms with E-state index in [0.29, 0.717) is 48.5 Å². The topological polar surface area (TPSA) is 146 Å². The van der Waals surface area contributed by atoms with Crippen LogP contribution in [-0.4, -0.2) is 68.3 Å². The van der Waals surface area contributed by atoms with Crippen LogP contribution in [0.5, 0.6) is 17.2 Å². The molecule has 0 unspecified atom stereocenters. The van der Waals surface area contributed by atoms with Crippen LogP contribution in [0, 0.1) is 20.8 Å². The molecule has 0 bridgehead atoms. The van der Waals surface area contributed by atoms with Gasteiger partial charge in [0.15, 0.2) is 11.6 Å². The number of carbonyl (C=O) groups is 4. The Morgan fingerprint density at radius 2 is 1.08 bits per heavy atom. The van der Waals surface area contributed by atoms with Gasteiger partial charge in [0.1, 0.15) is 17.2 Å². The lowest BCUT2D eigenvalue weighted by Gasteiger charge is -2.08. The van der Waals surface area contributed by atoms with Crippen LogP contribution in [0.15, 0.2) is 60.7 Å². The maximum absolute atomic E-state index is 12.0. The van der Waals surface area contributed by atoms with Gasteiger partial charge in [-0.3, -0.25) is 19.2 Å². The first-order valence-corrected chi connectivity index (χ1v) is 15.8. The lowest BCUT2D eigenvalue weighted by Crippen LogP contribution is -2.06. The number of methoxy groups -OCH3 is 3. The quantitative estimate of drug-likeness (QED) is 0.127. The lowest BCUT2D eigenvalue weighted by atomic mass is 10.0. The Labute approximate surface area is 292 Å². The molecule has 0 heterocycles. The number of hydrogen-bond acceptors (Lipinski definition) is 9. The number of aliphatic hydroxyl groups excluding tert-OH is 1. The number of carboxylic acids is 1. The van der Waals surface area contributed by atoms with E-state index in [1.807, 2.05) is 63.2 Å². The molecule has 0 saturated carbocycles. The van der Waals surface area contributed by atoms with Crippen molar-refractivity contribution in [3.05, 3.63) is 88.5 Å². The lowest BCUT2D eigenvalue weighted by molar-refractivity contribution is -0.143. The van der Waals surface area contributed by atoms with Gasteiger partial charge < -0.3 is 29.2 Å². The summed E-state index contributed by atoms with van der Waals surface area (Å²) >= 11 is 0. The van der Waals surface area contributed by atoms with E-state index in [2.05, 4.69) is 0 Å². The number of ether oxygens (including phenoxy) is 4. The third-order valence-corrected chi connectivity index (χ3v) is 6.42. The summed E-state index contributed by atoms with van der Waals surface area (Å²) in [5, 5.41) is 16.1. The van der Waals surface area contributed by atoms with E-state index in [0.717, 1.165) is 16.9 Å². The SMILES string of the molecule is C.CCO.CCOC(=O)CCCC(=O)c1ccc(C)cc1OC.COc1cc(C)ccc1C(=O)CCCC(=O)O.COc1cccc(C)c1. The highest BCUT2D eigenvalue weighted by molar-refractivity contribution is 5.99.